The van der Waals surface area contributed by atoms with Gasteiger partial charge in [0.1, 0.15) is 0 Å². The Hall–Kier alpha value is -2.59. The zero-order valence-corrected chi connectivity index (χ0v) is 14.0. The van der Waals surface area contributed by atoms with Crippen molar-refractivity contribution in [2.24, 2.45) is 0 Å². The maximum absolute atomic E-state index is 12.0. The molecule has 1 aliphatic heterocycles. The van der Waals surface area contributed by atoms with Gasteiger partial charge in [0.2, 0.25) is 11.8 Å². The lowest BCUT2D eigenvalue weighted by Crippen LogP contribution is -2.25. The molecule has 2 amide bonds. The van der Waals surface area contributed by atoms with E-state index in [9.17, 15) is 9.59 Å². The summed E-state index contributed by atoms with van der Waals surface area (Å²) in [5.41, 5.74) is 3.63. The fraction of sp³-hybridized carbons (Fsp3) is 0.158. The van der Waals surface area contributed by atoms with Crippen LogP contribution in [0.15, 0.2) is 48.5 Å². The summed E-state index contributed by atoms with van der Waals surface area (Å²) in [6.45, 7) is 2.25. The molecule has 1 aliphatic rings. The smallest absolute Gasteiger partial charge is 0.248 e. The van der Waals surface area contributed by atoms with E-state index < -0.39 is 0 Å². The highest BCUT2D eigenvalue weighted by Crippen LogP contribution is 2.30. The monoisotopic (exact) mass is 340 g/mol. The Bertz CT molecular complexity index is 813. The summed E-state index contributed by atoms with van der Waals surface area (Å²) < 4.78 is 0. The maximum atomic E-state index is 12.0. The predicted molar refractivity (Wildman–Crippen MR) is 97.3 cm³/mol. The second-order valence-corrected chi connectivity index (χ2v) is 6.07. The maximum Gasteiger partial charge on any atom is 0.248 e. The topological polar surface area (TPSA) is 49.4 Å². The van der Waals surface area contributed by atoms with Crippen molar-refractivity contribution in [1.29, 1.82) is 0 Å². The van der Waals surface area contributed by atoms with Crippen molar-refractivity contribution < 1.29 is 9.59 Å². The number of rotatable bonds is 3. The first kappa shape index (κ1) is 16.3. The summed E-state index contributed by atoms with van der Waals surface area (Å²) >= 11 is 5.83. The van der Waals surface area contributed by atoms with Gasteiger partial charge in [-0.15, -0.1) is 0 Å². The summed E-state index contributed by atoms with van der Waals surface area (Å²) in [5.74, 6) is -0.164. The standard InChI is InChI=1S/C19H17ClN2O2/c1-13(23)22-11-10-15-12-17(7-8-18(15)22)21-19(24)9-4-14-2-5-16(20)6-3-14/h2-9,12H,10-11H2,1H3,(H,21,24)/b9-4+. The molecular formula is C19H17ClN2O2. The van der Waals surface area contributed by atoms with Crippen LogP contribution in [-0.4, -0.2) is 18.4 Å². The summed E-state index contributed by atoms with van der Waals surface area (Å²) in [7, 11) is 0. The highest BCUT2D eigenvalue weighted by atomic mass is 35.5. The predicted octanol–water partition coefficient (Wildman–Crippen LogP) is 3.90. The number of fused-ring (bicyclic) bond motifs is 1. The van der Waals surface area contributed by atoms with E-state index in [0.29, 0.717) is 11.6 Å². The number of carbonyl (C=O) groups is 2. The van der Waals surface area contributed by atoms with Crippen molar-refractivity contribution in [3.8, 4) is 0 Å². The minimum Gasteiger partial charge on any atom is -0.323 e. The Kier molecular flexibility index (Phi) is 4.67. The molecule has 0 saturated heterocycles. The number of amides is 2. The van der Waals surface area contributed by atoms with Gasteiger partial charge in [-0.2, -0.15) is 0 Å². The van der Waals surface area contributed by atoms with Gasteiger partial charge in [0, 0.05) is 35.9 Å². The molecule has 1 N–H and O–H groups in total. The number of hydrogen-bond acceptors (Lipinski definition) is 2. The molecule has 24 heavy (non-hydrogen) atoms. The minimum atomic E-state index is -0.202. The SMILES string of the molecule is CC(=O)N1CCc2cc(NC(=O)/C=C/c3ccc(Cl)cc3)ccc21. The molecule has 2 aromatic rings. The highest BCUT2D eigenvalue weighted by molar-refractivity contribution is 6.30. The van der Waals surface area contributed by atoms with Crippen LogP contribution in [0.2, 0.25) is 5.02 Å². The molecule has 0 fully saturated rings. The Morgan fingerprint density at radius 2 is 1.92 bits per heavy atom. The lowest BCUT2D eigenvalue weighted by Gasteiger charge is -2.14. The molecule has 0 saturated carbocycles. The first-order valence-corrected chi connectivity index (χ1v) is 8.06. The molecule has 1 heterocycles. The molecule has 0 aromatic heterocycles. The van der Waals surface area contributed by atoms with Gasteiger partial charge in [-0.1, -0.05) is 23.7 Å². The molecule has 0 radical (unpaired) electrons. The molecule has 4 nitrogen and oxygen atoms in total. The van der Waals surface area contributed by atoms with E-state index in [0.717, 1.165) is 28.9 Å². The highest BCUT2D eigenvalue weighted by Gasteiger charge is 2.22. The van der Waals surface area contributed by atoms with Gasteiger partial charge in [0.15, 0.2) is 0 Å². The van der Waals surface area contributed by atoms with Crippen molar-refractivity contribution in [2.75, 3.05) is 16.8 Å². The van der Waals surface area contributed by atoms with Crippen molar-refractivity contribution >= 4 is 40.9 Å². The molecule has 0 unspecified atom stereocenters. The summed E-state index contributed by atoms with van der Waals surface area (Å²) in [4.78, 5) is 25.3. The van der Waals surface area contributed by atoms with Crippen LogP contribution in [0, 0.1) is 0 Å². The zero-order chi connectivity index (χ0) is 17.1. The number of halogens is 1. The van der Waals surface area contributed by atoms with Crippen molar-refractivity contribution in [2.45, 2.75) is 13.3 Å². The number of anilines is 2. The first-order valence-electron chi connectivity index (χ1n) is 7.68. The van der Waals surface area contributed by atoms with Gasteiger partial charge < -0.3 is 10.2 Å². The van der Waals surface area contributed by atoms with Gasteiger partial charge in [-0.05, 0) is 54.0 Å². The molecule has 0 spiro atoms. The van der Waals surface area contributed by atoms with Gasteiger partial charge in [0.05, 0.1) is 0 Å². The zero-order valence-electron chi connectivity index (χ0n) is 13.3. The van der Waals surface area contributed by atoms with Gasteiger partial charge in [-0.3, -0.25) is 9.59 Å². The Balaban J connectivity index is 1.67. The van der Waals surface area contributed by atoms with Crippen LogP contribution in [0.3, 0.4) is 0 Å². The summed E-state index contributed by atoms with van der Waals surface area (Å²) in [5, 5.41) is 3.50. The number of nitrogens with one attached hydrogen (secondary N) is 1. The minimum absolute atomic E-state index is 0.0384. The van der Waals surface area contributed by atoms with Crippen LogP contribution in [0.4, 0.5) is 11.4 Å². The average molecular weight is 341 g/mol. The van der Waals surface area contributed by atoms with Crippen molar-refractivity contribution in [1.82, 2.24) is 0 Å². The van der Waals surface area contributed by atoms with Crippen LogP contribution in [0.1, 0.15) is 18.1 Å². The normalized spacial score (nSPS) is 13.2. The van der Waals surface area contributed by atoms with E-state index in [1.807, 2.05) is 30.3 Å². The van der Waals surface area contributed by atoms with E-state index >= 15 is 0 Å². The first-order chi connectivity index (χ1) is 11.5. The third kappa shape index (κ3) is 3.66. The fourth-order valence-corrected chi connectivity index (χ4v) is 2.86. The van der Waals surface area contributed by atoms with Gasteiger partial charge in [0.25, 0.3) is 0 Å². The molecule has 0 bridgehead atoms. The second kappa shape index (κ2) is 6.89. The molecular weight excluding hydrogens is 324 g/mol. The Morgan fingerprint density at radius 3 is 2.62 bits per heavy atom. The van der Waals surface area contributed by atoms with Crippen molar-refractivity contribution in [3.05, 3.63) is 64.7 Å². The third-order valence-corrected chi connectivity index (χ3v) is 4.17. The van der Waals surface area contributed by atoms with Crippen molar-refractivity contribution in [3.63, 3.8) is 0 Å². The van der Waals surface area contributed by atoms with Gasteiger partial charge >= 0.3 is 0 Å². The second-order valence-electron chi connectivity index (χ2n) is 5.64. The summed E-state index contributed by atoms with van der Waals surface area (Å²) in [6.07, 6.45) is 4.02. The number of carbonyl (C=O) groups excluding carboxylic acids is 2. The van der Waals surface area contributed by atoms with Crippen LogP contribution in [0.25, 0.3) is 6.08 Å². The van der Waals surface area contributed by atoms with Crippen LogP contribution in [-0.2, 0) is 16.0 Å². The number of hydrogen-bond donors (Lipinski definition) is 1. The lowest BCUT2D eigenvalue weighted by atomic mass is 10.1. The van der Waals surface area contributed by atoms with Crippen LogP contribution < -0.4 is 10.2 Å². The number of benzene rings is 2. The number of nitrogens with zero attached hydrogens (tertiary/aromatic N) is 1. The Labute approximate surface area is 145 Å². The molecule has 0 aliphatic carbocycles. The van der Waals surface area contributed by atoms with Gasteiger partial charge in [-0.25, -0.2) is 0 Å². The molecule has 122 valence electrons. The fourth-order valence-electron chi connectivity index (χ4n) is 2.74. The lowest BCUT2D eigenvalue weighted by molar-refractivity contribution is -0.116. The van der Waals surface area contributed by atoms with Crippen LogP contribution in [0.5, 0.6) is 0 Å². The van der Waals surface area contributed by atoms with Crippen LogP contribution >= 0.6 is 11.6 Å². The van der Waals surface area contributed by atoms with E-state index in [1.54, 1.807) is 30.0 Å². The third-order valence-electron chi connectivity index (χ3n) is 3.92. The molecule has 2 aromatic carbocycles. The van der Waals surface area contributed by atoms with E-state index in [1.165, 1.54) is 6.08 Å². The van der Waals surface area contributed by atoms with E-state index in [-0.39, 0.29) is 11.8 Å². The quantitative estimate of drug-likeness (QED) is 0.861. The Morgan fingerprint density at radius 1 is 1.17 bits per heavy atom. The summed E-state index contributed by atoms with van der Waals surface area (Å²) in [6, 6.07) is 12.9. The molecule has 5 heteroatoms. The van der Waals surface area contributed by atoms with E-state index in [2.05, 4.69) is 5.32 Å². The van der Waals surface area contributed by atoms with E-state index in [4.69, 9.17) is 11.6 Å². The molecule has 0 atom stereocenters. The largest absolute Gasteiger partial charge is 0.323 e. The molecule has 3 rings (SSSR count). The average Bonchev–Trinajstić information content (AvgIpc) is 2.97.